The Balaban J connectivity index is 3.86. The zero-order valence-corrected chi connectivity index (χ0v) is 7.50. The first-order valence-corrected chi connectivity index (χ1v) is 4.05. The van der Waals surface area contributed by atoms with Gasteiger partial charge in [0.2, 0.25) is 0 Å². The SMILES string of the molecule is C/C=C/C=C/C(=O)C(C)CC. The normalized spacial score (nSPS) is 14.5. The summed E-state index contributed by atoms with van der Waals surface area (Å²) in [5.74, 6) is 0.377. The molecular formula is C10H16O. The molecule has 0 N–H and O–H groups in total. The van der Waals surface area contributed by atoms with Crippen LogP contribution < -0.4 is 0 Å². The van der Waals surface area contributed by atoms with E-state index in [1.54, 1.807) is 12.2 Å². The first kappa shape index (κ1) is 10.2. The van der Waals surface area contributed by atoms with Gasteiger partial charge in [-0.3, -0.25) is 4.79 Å². The van der Waals surface area contributed by atoms with E-state index in [2.05, 4.69) is 0 Å². The van der Waals surface area contributed by atoms with E-state index in [4.69, 9.17) is 0 Å². The van der Waals surface area contributed by atoms with Gasteiger partial charge in [0.25, 0.3) is 0 Å². The minimum atomic E-state index is 0.163. The van der Waals surface area contributed by atoms with Gasteiger partial charge in [-0.1, -0.05) is 32.1 Å². The third kappa shape index (κ3) is 4.54. The fraction of sp³-hybridized carbons (Fsp3) is 0.500. The summed E-state index contributed by atoms with van der Waals surface area (Å²) in [6, 6.07) is 0. The number of carbonyl (C=O) groups is 1. The summed E-state index contributed by atoms with van der Waals surface area (Å²) in [5, 5.41) is 0. The molecule has 0 spiro atoms. The molecule has 0 aromatic rings. The Bertz CT molecular complexity index is 166. The zero-order valence-electron chi connectivity index (χ0n) is 7.50. The zero-order chi connectivity index (χ0) is 8.69. The fourth-order valence-electron chi connectivity index (χ4n) is 0.627. The molecule has 0 saturated heterocycles. The van der Waals surface area contributed by atoms with Crippen molar-refractivity contribution in [3.05, 3.63) is 24.3 Å². The number of ketones is 1. The van der Waals surface area contributed by atoms with Crippen LogP contribution >= 0.6 is 0 Å². The number of hydrogen-bond acceptors (Lipinski definition) is 1. The van der Waals surface area contributed by atoms with Gasteiger partial charge in [0.15, 0.2) is 5.78 Å². The third-order valence-corrected chi connectivity index (χ3v) is 1.66. The van der Waals surface area contributed by atoms with Gasteiger partial charge < -0.3 is 0 Å². The van der Waals surface area contributed by atoms with Gasteiger partial charge in [0.05, 0.1) is 0 Å². The molecular weight excluding hydrogens is 136 g/mol. The lowest BCUT2D eigenvalue weighted by molar-refractivity contribution is -0.117. The van der Waals surface area contributed by atoms with E-state index in [9.17, 15) is 4.79 Å². The van der Waals surface area contributed by atoms with Gasteiger partial charge in [0.1, 0.15) is 0 Å². The Labute approximate surface area is 68.8 Å². The predicted molar refractivity (Wildman–Crippen MR) is 48.4 cm³/mol. The molecule has 0 fully saturated rings. The van der Waals surface area contributed by atoms with Gasteiger partial charge in [-0.15, -0.1) is 0 Å². The predicted octanol–water partition coefficient (Wildman–Crippen LogP) is 2.73. The highest BCUT2D eigenvalue weighted by molar-refractivity contribution is 5.91. The maximum Gasteiger partial charge on any atom is 0.158 e. The Kier molecular flexibility index (Phi) is 5.44. The molecule has 0 aliphatic carbocycles. The van der Waals surface area contributed by atoms with Crippen LogP contribution in [0.1, 0.15) is 27.2 Å². The van der Waals surface area contributed by atoms with Crippen molar-refractivity contribution in [1.29, 1.82) is 0 Å². The van der Waals surface area contributed by atoms with Crippen molar-refractivity contribution in [2.75, 3.05) is 0 Å². The second-order valence-corrected chi connectivity index (χ2v) is 2.60. The van der Waals surface area contributed by atoms with Crippen LogP contribution in [-0.4, -0.2) is 5.78 Å². The van der Waals surface area contributed by atoms with E-state index >= 15 is 0 Å². The molecule has 62 valence electrons. The Morgan fingerprint density at radius 2 is 2.09 bits per heavy atom. The van der Waals surface area contributed by atoms with Gasteiger partial charge in [-0.05, 0) is 19.4 Å². The maximum absolute atomic E-state index is 11.1. The fourth-order valence-corrected chi connectivity index (χ4v) is 0.627. The van der Waals surface area contributed by atoms with Crippen LogP contribution in [-0.2, 0) is 4.79 Å². The van der Waals surface area contributed by atoms with Crippen molar-refractivity contribution in [1.82, 2.24) is 0 Å². The summed E-state index contributed by atoms with van der Waals surface area (Å²) < 4.78 is 0. The first-order valence-electron chi connectivity index (χ1n) is 4.05. The largest absolute Gasteiger partial charge is 0.295 e. The third-order valence-electron chi connectivity index (χ3n) is 1.66. The molecule has 0 aromatic carbocycles. The molecule has 1 heteroatoms. The summed E-state index contributed by atoms with van der Waals surface area (Å²) in [4.78, 5) is 11.1. The Morgan fingerprint density at radius 1 is 1.45 bits per heavy atom. The van der Waals surface area contributed by atoms with Crippen LogP contribution in [0.3, 0.4) is 0 Å². The molecule has 0 amide bonds. The number of hydrogen-bond donors (Lipinski definition) is 0. The molecule has 0 rings (SSSR count). The molecule has 0 bridgehead atoms. The lowest BCUT2D eigenvalue weighted by Gasteiger charge is -2.00. The molecule has 0 aliphatic rings. The van der Waals surface area contributed by atoms with Crippen LogP contribution in [0.2, 0.25) is 0 Å². The molecule has 0 radical (unpaired) electrons. The van der Waals surface area contributed by atoms with Gasteiger partial charge in [-0.2, -0.15) is 0 Å². The van der Waals surface area contributed by atoms with E-state index in [0.717, 1.165) is 6.42 Å². The molecule has 1 atom stereocenters. The standard InChI is InChI=1S/C10H16O/c1-4-6-7-8-10(11)9(3)5-2/h4,6-9H,5H2,1-3H3/b6-4+,8-7+. The number of rotatable bonds is 4. The Morgan fingerprint density at radius 3 is 2.55 bits per heavy atom. The molecule has 0 aliphatic heterocycles. The van der Waals surface area contributed by atoms with Gasteiger partial charge in [-0.25, -0.2) is 0 Å². The molecule has 1 nitrogen and oxygen atoms in total. The van der Waals surface area contributed by atoms with Crippen LogP contribution in [0.5, 0.6) is 0 Å². The number of allylic oxidation sites excluding steroid dienone is 4. The van der Waals surface area contributed by atoms with E-state index in [1.807, 2.05) is 32.9 Å². The minimum absolute atomic E-state index is 0.163. The first-order chi connectivity index (χ1) is 5.22. The average molecular weight is 152 g/mol. The molecule has 0 heterocycles. The van der Waals surface area contributed by atoms with E-state index in [0.29, 0.717) is 0 Å². The maximum atomic E-state index is 11.1. The quantitative estimate of drug-likeness (QED) is 0.447. The molecule has 1 unspecified atom stereocenters. The van der Waals surface area contributed by atoms with Crippen molar-refractivity contribution in [2.45, 2.75) is 27.2 Å². The van der Waals surface area contributed by atoms with E-state index < -0.39 is 0 Å². The summed E-state index contributed by atoms with van der Waals surface area (Å²) >= 11 is 0. The molecule has 0 saturated carbocycles. The van der Waals surface area contributed by atoms with Crippen LogP contribution in [0.25, 0.3) is 0 Å². The summed E-state index contributed by atoms with van der Waals surface area (Å²) in [5.41, 5.74) is 0. The lowest BCUT2D eigenvalue weighted by atomic mass is 10.0. The van der Waals surface area contributed by atoms with E-state index in [-0.39, 0.29) is 11.7 Å². The second-order valence-electron chi connectivity index (χ2n) is 2.60. The van der Waals surface area contributed by atoms with Crippen LogP contribution in [0, 0.1) is 5.92 Å². The van der Waals surface area contributed by atoms with Crippen LogP contribution in [0.4, 0.5) is 0 Å². The highest BCUT2D eigenvalue weighted by Crippen LogP contribution is 2.02. The average Bonchev–Trinajstić information content (AvgIpc) is 2.03. The lowest BCUT2D eigenvalue weighted by Crippen LogP contribution is -2.05. The highest BCUT2D eigenvalue weighted by atomic mass is 16.1. The van der Waals surface area contributed by atoms with Crippen molar-refractivity contribution in [2.24, 2.45) is 5.92 Å². The van der Waals surface area contributed by atoms with Gasteiger partial charge in [0, 0.05) is 5.92 Å². The van der Waals surface area contributed by atoms with Crippen molar-refractivity contribution in [3.63, 3.8) is 0 Å². The Hall–Kier alpha value is -0.850. The topological polar surface area (TPSA) is 17.1 Å². The summed E-state index contributed by atoms with van der Waals surface area (Å²) in [6.07, 6.45) is 8.10. The van der Waals surface area contributed by atoms with Crippen molar-refractivity contribution in [3.8, 4) is 0 Å². The van der Waals surface area contributed by atoms with Crippen LogP contribution in [0.15, 0.2) is 24.3 Å². The minimum Gasteiger partial charge on any atom is -0.295 e. The monoisotopic (exact) mass is 152 g/mol. The second kappa shape index (κ2) is 5.90. The van der Waals surface area contributed by atoms with Gasteiger partial charge >= 0.3 is 0 Å². The van der Waals surface area contributed by atoms with Crippen molar-refractivity contribution < 1.29 is 4.79 Å². The smallest absolute Gasteiger partial charge is 0.158 e. The highest BCUT2D eigenvalue weighted by Gasteiger charge is 2.04. The summed E-state index contributed by atoms with van der Waals surface area (Å²) in [6.45, 7) is 5.90. The number of carbonyl (C=O) groups excluding carboxylic acids is 1. The van der Waals surface area contributed by atoms with E-state index in [1.165, 1.54) is 0 Å². The molecule has 0 aromatic heterocycles. The summed E-state index contributed by atoms with van der Waals surface area (Å²) in [7, 11) is 0. The van der Waals surface area contributed by atoms with Crippen molar-refractivity contribution >= 4 is 5.78 Å². The molecule has 11 heavy (non-hydrogen) atoms.